The Labute approximate surface area is 110 Å². The normalized spacial score (nSPS) is 10.4. The maximum atomic E-state index is 13.2. The molecule has 4 heteroatoms. The van der Waals surface area contributed by atoms with Crippen LogP contribution >= 0.6 is 11.6 Å². The maximum Gasteiger partial charge on any atom is 0.142 e. The van der Waals surface area contributed by atoms with Gasteiger partial charge in [0.25, 0.3) is 0 Å². The molecule has 94 valence electrons. The summed E-state index contributed by atoms with van der Waals surface area (Å²) in [6.45, 7) is 0.432. The number of nitrogens with one attached hydrogen (secondary N) is 1. The average molecular weight is 266 g/mol. The van der Waals surface area contributed by atoms with Crippen LogP contribution in [0.15, 0.2) is 42.5 Å². The second-order valence-electron chi connectivity index (χ2n) is 3.92. The van der Waals surface area contributed by atoms with Crippen LogP contribution in [0.25, 0.3) is 0 Å². The highest BCUT2D eigenvalue weighted by atomic mass is 35.5. The van der Waals surface area contributed by atoms with Gasteiger partial charge in [0.2, 0.25) is 0 Å². The molecule has 2 aromatic carbocycles. The van der Waals surface area contributed by atoms with E-state index in [1.165, 1.54) is 6.07 Å². The monoisotopic (exact) mass is 265 g/mol. The van der Waals surface area contributed by atoms with E-state index in [0.717, 1.165) is 11.3 Å². The molecular formula is C14H13ClFNO. The Bertz CT molecular complexity index is 545. The SMILES string of the molecule is OCc1cccc(NCc2cccc(F)c2Cl)c1. The number of rotatable bonds is 4. The van der Waals surface area contributed by atoms with Crippen LogP contribution in [0.5, 0.6) is 0 Å². The molecule has 2 N–H and O–H groups in total. The van der Waals surface area contributed by atoms with Crippen molar-refractivity contribution in [3.63, 3.8) is 0 Å². The average Bonchev–Trinajstić information content (AvgIpc) is 2.41. The summed E-state index contributed by atoms with van der Waals surface area (Å²) >= 11 is 5.86. The van der Waals surface area contributed by atoms with Crippen LogP contribution in [0, 0.1) is 5.82 Å². The molecule has 2 aromatic rings. The van der Waals surface area contributed by atoms with Crippen molar-refractivity contribution in [1.82, 2.24) is 0 Å². The minimum absolute atomic E-state index is 0.00373. The fourth-order valence-corrected chi connectivity index (χ4v) is 1.85. The number of benzene rings is 2. The molecule has 0 saturated carbocycles. The van der Waals surface area contributed by atoms with E-state index >= 15 is 0 Å². The molecule has 0 aromatic heterocycles. The first-order valence-corrected chi connectivity index (χ1v) is 5.95. The minimum atomic E-state index is -0.417. The van der Waals surface area contributed by atoms with E-state index < -0.39 is 5.82 Å². The van der Waals surface area contributed by atoms with Gasteiger partial charge in [-0.15, -0.1) is 0 Å². The lowest BCUT2D eigenvalue weighted by atomic mass is 10.2. The maximum absolute atomic E-state index is 13.2. The molecule has 0 aliphatic carbocycles. The van der Waals surface area contributed by atoms with Crippen LogP contribution in [-0.2, 0) is 13.2 Å². The van der Waals surface area contributed by atoms with Gasteiger partial charge in [-0.05, 0) is 29.3 Å². The first kappa shape index (κ1) is 12.9. The molecule has 0 atom stereocenters. The van der Waals surface area contributed by atoms with Gasteiger partial charge in [-0.2, -0.15) is 0 Å². The van der Waals surface area contributed by atoms with Crippen molar-refractivity contribution >= 4 is 17.3 Å². The van der Waals surface area contributed by atoms with Crippen molar-refractivity contribution in [3.05, 3.63) is 64.4 Å². The molecule has 2 nitrogen and oxygen atoms in total. The molecule has 0 heterocycles. The molecule has 0 radical (unpaired) electrons. The molecule has 0 aliphatic heterocycles. The summed E-state index contributed by atoms with van der Waals surface area (Å²) in [5, 5.41) is 12.3. The summed E-state index contributed by atoms with van der Waals surface area (Å²) in [6.07, 6.45) is 0. The van der Waals surface area contributed by atoms with Crippen molar-refractivity contribution in [2.45, 2.75) is 13.2 Å². The lowest BCUT2D eigenvalue weighted by molar-refractivity contribution is 0.282. The Hall–Kier alpha value is -1.58. The van der Waals surface area contributed by atoms with E-state index in [9.17, 15) is 4.39 Å². The van der Waals surface area contributed by atoms with Gasteiger partial charge in [0.05, 0.1) is 11.6 Å². The summed E-state index contributed by atoms with van der Waals surface area (Å²) in [7, 11) is 0. The first-order valence-electron chi connectivity index (χ1n) is 5.57. The van der Waals surface area contributed by atoms with Crippen LogP contribution in [0.3, 0.4) is 0 Å². The van der Waals surface area contributed by atoms with Crippen molar-refractivity contribution in [2.75, 3.05) is 5.32 Å². The zero-order valence-corrected chi connectivity index (χ0v) is 10.4. The fourth-order valence-electron chi connectivity index (χ4n) is 1.66. The van der Waals surface area contributed by atoms with Crippen LogP contribution in [0.1, 0.15) is 11.1 Å². The van der Waals surface area contributed by atoms with E-state index in [1.54, 1.807) is 12.1 Å². The third kappa shape index (κ3) is 3.00. The highest BCUT2D eigenvalue weighted by molar-refractivity contribution is 6.31. The summed E-state index contributed by atoms with van der Waals surface area (Å²) in [4.78, 5) is 0. The number of anilines is 1. The van der Waals surface area contributed by atoms with Crippen molar-refractivity contribution in [2.24, 2.45) is 0 Å². The predicted octanol–water partition coefficient (Wildman–Crippen LogP) is 3.58. The van der Waals surface area contributed by atoms with Gasteiger partial charge in [0.15, 0.2) is 0 Å². The largest absolute Gasteiger partial charge is 0.392 e. The van der Waals surface area contributed by atoms with E-state index in [2.05, 4.69) is 5.32 Å². The lowest BCUT2D eigenvalue weighted by Crippen LogP contribution is -2.01. The summed E-state index contributed by atoms with van der Waals surface area (Å²) in [6, 6.07) is 12.1. The summed E-state index contributed by atoms with van der Waals surface area (Å²) in [5.74, 6) is -0.417. The molecule has 0 spiro atoms. The van der Waals surface area contributed by atoms with Gasteiger partial charge < -0.3 is 10.4 Å². The van der Waals surface area contributed by atoms with Gasteiger partial charge in [-0.1, -0.05) is 35.9 Å². The zero-order valence-electron chi connectivity index (χ0n) is 9.66. The Morgan fingerprint density at radius 2 is 1.94 bits per heavy atom. The van der Waals surface area contributed by atoms with E-state index in [-0.39, 0.29) is 11.6 Å². The molecule has 0 saturated heterocycles. The van der Waals surface area contributed by atoms with Crippen LogP contribution in [-0.4, -0.2) is 5.11 Å². The number of hydrogen-bond acceptors (Lipinski definition) is 2. The zero-order chi connectivity index (χ0) is 13.0. The molecule has 2 rings (SSSR count). The number of hydrogen-bond donors (Lipinski definition) is 2. The van der Waals surface area contributed by atoms with Gasteiger partial charge in [0.1, 0.15) is 5.82 Å². The van der Waals surface area contributed by atoms with Gasteiger partial charge in [-0.25, -0.2) is 4.39 Å². The predicted molar refractivity (Wildman–Crippen MR) is 71.1 cm³/mol. The molecular weight excluding hydrogens is 253 g/mol. The van der Waals surface area contributed by atoms with Gasteiger partial charge in [0, 0.05) is 12.2 Å². The Kier molecular flexibility index (Phi) is 4.18. The van der Waals surface area contributed by atoms with Gasteiger partial charge in [-0.3, -0.25) is 0 Å². The molecule has 0 bridgehead atoms. The molecule has 0 fully saturated rings. The molecule has 0 amide bonds. The third-order valence-electron chi connectivity index (χ3n) is 2.62. The van der Waals surface area contributed by atoms with Crippen molar-refractivity contribution in [1.29, 1.82) is 0 Å². The Morgan fingerprint density at radius 1 is 1.17 bits per heavy atom. The third-order valence-corrected chi connectivity index (χ3v) is 3.05. The molecule has 0 aliphatic rings. The number of aliphatic hydroxyl groups is 1. The van der Waals surface area contributed by atoms with Crippen molar-refractivity contribution in [3.8, 4) is 0 Å². The molecule has 0 unspecified atom stereocenters. The second-order valence-corrected chi connectivity index (χ2v) is 4.30. The first-order chi connectivity index (χ1) is 8.70. The fraction of sp³-hybridized carbons (Fsp3) is 0.143. The number of aliphatic hydroxyl groups excluding tert-OH is 1. The quantitative estimate of drug-likeness (QED) is 0.886. The van der Waals surface area contributed by atoms with E-state index in [0.29, 0.717) is 12.1 Å². The topological polar surface area (TPSA) is 32.3 Å². The highest BCUT2D eigenvalue weighted by Crippen LogP contribution is 2.21. The van der Waals surface area contributed by atoms with Gasteiger partial charge >= 0.3 is 0 Å². The summed E-state index contributed by atoms with van der Waals surface area (Å²) < 4.78 is 13.2. The Balaban J connectivity index is 2.09. The highest BCUT2D eigenvalue weighted by Gasteiger charge is 2.05. The standard InChI is InChI=1S/C14H13ClFNO/c15-14-11(4-2-6-13(14)16)8-17-12-5-1-3-10(7-12)9-18/h1-7,17-18H,8-9H2. The van der Waals surface area contributed by atoms with Crippen LogP contribution in [0.4, 0.5) is 10.1 Å². The van der Waals surface area contributed by atoms with Crippen molar-refractivity contribution < 1.29 is 9.50 Å². The van der Waals surface area contributed by atoms with Crippen LogP contribution in [0.2, 0.25) is 5.02 Å². The van der Waals surface area contributed by atoms with Crippen LogP contribution < -0.4 is 5.32 Å². The lowest BCUT2D eigenvalue weighted by Gasteiger charge is -2.09. The molecule has 18 heavy (non-hydrogen) atoms. The second kappa shape index (κ2) is 5.85. The smallest absolute Gasteiger partial charge is 0.142 e. The Morgan fingerprint density at radius 3 is 2.72 bits per heavy atom. The number of halogens is 2. The van der Waals surface area contributed by atoms with E-state index in [1.807, 2.05) is 24.3 Å². The van der Waals surface area contributed by atoms with E-state index in [4.69, 9.17) is 16.7 Å². The summed E-state index contributed by atoms with van der Waals surface area (Å²) in [5.41, 5.74) is 2.39. The minimum Gasteiger partial charge on any atom is -0.392 e.